The van der Waals surface area contributed by atoms with Crippen molar-refractivity contribution < 1.29 is 76.5 Å². The average molecular weight is 801 g/mol. The molecule has 2 aliphatic heterocycles. The zero-order valence-corrected chi connectivity index (χ0v) is 28.5. The van der Waals surface area contributed by atoms with E-state index in [1.165, 1.54) is 4.90 Å². The van der Waals surface area contributed by atoms with Gasteiger partial charge in [0.15, 0.2) is 9.84 Å². The van der Waals surface area contributed by atoms with E-state index >= 15 is 0 Å². The van der Waals surface area contributed by atoms with Gasteiger partial charge in [-0.05, 0) is 55.2 Å². The molecule has 2 saturated heterocycles. The molecular weight excluding hydrogens is 770 g/mol. The smallest absolute Gasteiger partial charge is 0.481 e. The monoisotopic (exact) mass is 800 g/mol. The molecule has 20 heteroatoms. The van der Waals surface area contributed by atoms with Gasteiger partial charge in [-0.15, -0.1) is 13.2 Å². The van der Waals surface area contributed by atoms with Gasteiger partial charge in [-0.2, -0.15) is 26.3 Å². The summed E-state index contributed by atoms with van der Waals surface area (Å²) in [6.45, 7) is -2.53. The van der Waals surface area contributed by atoms with Crippen molar-refractivity contribution in [1.82, 2.24) is 9.80 Å². The lowest BCUT2D eigenvalue weighted by Crippen LogP contribution is -2.56. The molecule has 5 rings (SSSR count). The number of halogens is 10. The number of sulfone groups is 1. The summed E-state index contributed by atoms with van der Waals surface area (Å²) in [6.07, 6.45) is -18.1. The number of para-hydroxylation sites is 1. The maximum Gasteiger partial charge on any atom is 0.573 e. The molecule has 0 bridgehead atoms. The predicted octanol–water partition coefficient (Wildman–Crippen LogP) is 7.55. The Morgan fingerprint density at radius 2 is 1.37 bits per heavy atom. The number of amides is 2. The topological polar surface area (TPSA) is 113 Å². The zero-order chi connectivity index (χ0) is 39.9. The number of hydrogen-bond acceptors (Lipinski definition) is 6. The number of benzene rings is 3. The van der Waals surface area contributed by atoms with Crippen LogP contribution in [0.15, 0.2) is 77.7 Å². The molecule has 3 aromatic carbocycles. The third-order valence-corrected chi connectivity index (χ3v) is 12.0. The van der Waals surface area contributed by atoms with Crippen LogP contribution in [0.1, 0.15) is 36.0 Å². The Bertz CT molecular complexity index is 1930. The number of rotatable bonds is 9. The third-order valence-electron chi connectivity index (χ3n) is 9.51. The van der Waals surface area contributed by atoms with E-state index in [1.807, 2.05) is 0 Å². The Morgan fingerprint density at radius 3 is 1.91 bits per heavy atom. The van der Waals surface area contributed by atoms with Crippen molar-refractivity contribution in [1.29, 1.82) is 0 Å². The maximum absolute atomic E-state index is 14.7. The van der Waals surface area contributed by atoms with Gasteiger partial charge in [0.05, 0.1) is 17.4 Å². The van der Waals surface area contributed by atoms with Crippen LogP contribution in [0.25, 0.3) is 0 Å². The number of ether oxygens (including phenoxy) is 2. The van der Waals surface area contributed by atoms with E-state index < -0.39 is 104 Å². The zero-order valence-electron chi connectivity index (χ0n) is 27.6. The van der Waals surface area contributed by atoms with E-state index in [-0.39, 0.29) is 38.0 Å². The number of carboxylic acids is 1. The van der Waals surface area contributed by atoms with Crippen LogP contribution in [-0.2, 0) is 36.3 Å². The standard InChI is InChI=1S/C34H30F10N2O7S/c35-25-9-11-26(12-10-25)54(50,51)30(15-18-46(20-30)29(49)45-16-13-21(14-17-45)28(47)48)23-5-7-24(8-6-23)31(32(36,37)38,33(39,40)41)52-19-22-3-1-2-4-27(22)53-34(42,43)44/h1-12,21H,13-20H2,(H,47,48). The van der Waals surface area contributed by atoms with Crippen LogP contribution in [0.3, 0.4) is 0 Å². The Balaban J connectivity index is 1.55. The SMILES string of the molecule is O=C(O)C1CCN(C(=O)N2CCC(c3ccc(C(OCc4ccccc4OC(F)(F)F)(C(F)(F)F)C(F)(F)F)cc3)(S(=O)(=O)c3ccc(F)cc3)C2)CC1. The van der Waals surface area contributed by atoms with Crippen LogP contribution < -0.4 is 4.74 Å². The minimum atomic E-state index is -6.28. The summed E-state index contributed by atoms with van der Waals surface area (Å²) in [5.74, 6) is -3.69. The normalized spacial score (nSPS) is 19.2. The van der Waals surface area contributed by atoms with Crippen LogP contribution in [0, 0.1) is 11.7 Å². The van der Waals surface area contributed by atoms with Gasteiger partial charge in [0.25, 0.3) is 5.60 Å². The summed E-state index contributed by atoms with van der Waals surface area (Å²) in [5, 5.41) is 9.29. The first kappa shape index (κ1) is 40.6. The summed E-state index contributed by atoms with van der Waals surface area (Å²) in [6, 6.07) is 8.31. The minimum Gasteiger partial charge on any atom is -0.481 e. The van der Waals surface area contributed by atoms with Crippen LogP contribution in [0.2, 0.25) is 0 Å². The van der Waals surface area contributed by atoms with E-state index in [4.69, 9.17) is 0 Å². The summed E-state index contributed by atoms with van der Waals surface area (Å²) in [5.41, 5.74) is -7.89. The molecule has 294 valence electrons. The summed E-state index contributed by atoms with van der Waals surface area (Å²) < 4.78 is 175. The summed E-state index contributed by atoms with van der Waals surface area (Å²) >= 11 is 0. The molecule has 2 heterocycles. The highest BCUT2D eigenvalue weighted by atomic mass is 32.2. The Morgan fingerprint density at radius 1 is 0.796 bits per heavy atom. The number of likely N-dealkylation sites (tertiary alicyclic amines) is 2. The molecule has 0 spiro atoms. The van der Waals surface area contributed by atoms with Crippen molar-refractivity contribution in [2.24, 2.45) is 5.92 Å². The highest BCUT2D eigenvalue weighted by molar-refractivity contribution is 7.92. The number of hydrogen-bond donors (Lipinski definition) is 1. The molecule has 54 heavy (non-hydrogen) atoms. The van der Waals surface area contributed by atoms with Gasteiger partial charge in [-0.25, -0.2) is 17.6 Å². The van der Waals surface area contributed by atoms with E-state index in [2.05, 4.69) is 9.47 Å². The van der Waals surface area contributed by atoms with Gasteiger partial charge in [0, 0.05) is 37.3 Å². The highest BCUT2D eigenvalue weighted by Crippen LogP contribution is 2.54. The van der Waals surface area contributed by atoms with E-state index in [9.17, 15) is 67.0 Å². The molecule has 3 aromatic rings. The lowest BCUT2D eigenvalue weighted by Gasteiger charge is -2.38. The molecule has 1 N–H and O–H groups in total. The van der Waals surface area contributed by atoms with Crippen molar-refractivity contribution >= 4 is 21.8 Å². The van der Waals surface area contributed by atoms with Gasteiger partial charge in [0.2, 0.25) is 0 Å². The second-order valence-corrected chi connectivity index (χ2v) is 15.0. The van der Waals surface area contributed by atoms with Gasteiger partial charge in [-0.1, -0.05) is 42.5 Å². The van der Waals surface area contributed by atoms with Gasteiger partial charge in [0.1, 0.15) is 16.3 Å². The van der Waals surface area contributed by atoms with E-state index in [0.29, 0.717) is 30.3 Å². The predicted molar refractivity (Wildman–Crippen MR) is 167 cm³/mol. The summed E-state index contributed by atoms with van der Waals surface area (Å²) in [7, 11) is -4.70. The number of carbonyl (C=O) groups is 2. The molecule has 0 radical (unpaired) electrons. The molecule has 0 aliphatic carbocycles. The van der Waals surface area contributed by atoms with Crippen molar-refractivity contribution in [3.8, 4) is 5.75 Å². The van der Waals surface area contributed by atoms with E-state index in [0.717, 1.165) is 47.4 Å². The quantitative estimate of drug-likeness (QED) is 0.176. The molecule has 0 aromatic heterocycles. The summed E-state index contributed by atoms with van der Waals surface area (Å²) in [4.78, 5) is 26.9. The molecule has 0 saturated carbocycles. The van der Waals surface area contributed by atoms with Crippen molar-refractivity contribution in [3.05, 3.63) is 95.3 Å². The molecular formula is C34H30F10N2O7S. The average Bonchev–Trinajstić information content (AvgIpc) is 3.55. The van der Waals surface area contributed by atoms with Crippen LogP contribution in [0.4, 0.5) is 48.7 Å². The number of carboxylic acid groups (broad SMARTS) is 1. The number of carbonyl (C=O) groups excluding carboxylic acids is 1. The molecule has 2 aliphatic rings. The molecule has 1 unspecified atom stereocenters. The Kier molecular flexibility index (Phi) is 11.0. The van der Waals surface area contributed by atoms with E-state index in [1.54, 1.807) is 0 Å². The fraction of sp³-hybridized carbons (Fsp3) is 0.412. The van der Waals surface area contributed by atoms with Crippen molar-refractivity contribution in [2.75, 3.05) is 26.2 Å². The number of urea groups is 1. The first-order chi connectivity index (χ1) is 25.0. The Labute approximate surface area is 301 Å². The van der Waals surface area contributed by atoms with Gasteiger partial charge in [-0.3, -0.25) is 4.79 Å². The second kappa shape index (κ2) is 14.6. The first-order valence-electron chi connectivity index (χ1n) is 16.0. The highest BCUT2D eigenvalue weighted by Gasteiger charge is 2.73. The minimum absolute atomic E-state index is 0.0164. The maximum atomic E-state index is 14.7. The number of alkyl halides is 9. The van der Waals surface area contributed by atoms with Crippen LogP contribution >= 0.6 is 0 Å². The molecule has 1 atom stereocenters. The lowest BCUT2D eigenvalue weighted by molar-refractivity contribution is -0.392. The number of piperidine rings is 1. The van der Waals surface area contributed by atoms with Crippen molar-refractivity contribution in [3.63, 3.8) is 0 Å². The van der Waals surface area contributed by atoms with Crippen molar-refractivity contribution in [2.45, 2.75) is 59.8 Å². The largest absolute Gasteiger partial charge is 0.573 e. The molecule has 2 amide bonds. The molecule has 9 nitrogen and oxygen atoms in total. The van der Waals surface area contributed by atoms with Gasteiger partial charge < -0.3 is 24.4 Å². The number of nitrogens with zero attached hydrogens (tertiary/aromatic N) is 2. The fourth-order valence-corrected chi connectivity index (χ4v) is 8.77. The second-order valence-electron chi connectivity index (χ2n) is 12.7. The Hall–Kier alpha value is -4.59. The van der Waals surface area contributed by atoms with Gasteiger partial charge >= 0.3 is 30.7 Å². The fourth-order valence-electron chi connectivity index (χ4n) is 6.69. The third kappa shape index (κ3) is 7.67. The number of aliphatic carboxylic acids is 1. The van der Waals surface area contributed by atoms with Crippen LogP contribution in [-0.4, -0.2) is 80.2 Å². The molecule has 2 fully saturated rings. The lowest BCUT2D eigenvalue weighted by atomic mass is 9.88. The van der Waals surface area contributed by atoms with Crippen LogP contribution in [0.5, 0.6) is 5.75 Å². The first-order valence-corrected chi connectivity index (χ1v) is 17.5.